The fourth-order valence-electron chi connectivity index (χ4n) is 4.01. The van der Waals surface area contributed by atoms with Gasteiger partial charge in [-0.1, -0.05) is 18.2 Å². The first kappa shape index (κ1) is 29.6. The van der Waals surface area contributed by atoms with Gasteiger partial charge in [-0.25, -0.2) is 21.2 Å². The van der Waals surface area contributed by atoms with Gasteiger partial charge in [-0.15, -0.1) is 0 Å². The lowest BCUT2D eigenvalue weighted by atomic mass is 10.1. The van der Waals surface area contributed by atoms with Crippen LogP contribution in [0.25, 0.3) is 0 Å². The van der Waals surface area contributed by atoms with Gasteiger partial charge < -0.3 is 10.1 Å². The Morgan fingerprint density at radius 1 is 0.805 bits per heavy atom. The minimum absolute atomic E-state index is 0.0202. The van der Waals surface area contributed by atoms with Crippen LogP contribution in [0.5, 0.6) is 5.75 Å². The molecule has 0 radical (unpaired) electrons. The number of rotatable bonds is 10. The molecule has 0 aliphatic carbocycles. The van der Waals surface area contributed by atoms with Crippen molar-refractivity contribution in [3.63, 3.8) is 0 Å². The first-order chi connectivity index (χ1) is 19.4. The smallest absolute Gasteiger partial charge is 0.264 e. The summed E-state index contributed by atoms with van der Waals surface area (Å²) in [6.45, 7) is 2.97. The van der Waals surface area contributed by atoms with Gasteiger partial charge in [-0.3, -0.25) is 13.8 Å². The molecule has 4 aromatic rings. The normalized spacial score (nSPS) is 11.5. The minimum Gasteiger partial charge on any atom is -0.497 e. The van der Waals surface area contributed by atoms with Gasteiger partial charge in [0.05, 0.1) is 28.3 Å². The number of amides is 1. The van der Waals surface area contributed by atoms with Gasteiger partial charge in [0.1, 0.15) is 18.1 Å². The first-order valence-electron chi connectivity index (χ1n) is 12.3. The van der Waals surface area contributed by atoms with E-state index in [0.717, 1.165) is 27.6 Å². The van der Waals surface area contributed by atoms with Gasteiger partial charge >= 0.3 is 0 Å². The summed E-state index contributed by atoms with van der Waals surface area (Å²) >= 11 is 0. The monoisotopic (exact) mass is 597 g/mol. The molecule has 0 aromatic heterocycles. The van der Waals surface area contributed by atoms with Gasteiger partial charge in [0, 0.05) is 5.69 Å². The summed E-state index contributed by atoms with van der Waals surface area (Å²) in [6, 6.07) is 21.2. The molecular weight excluding hydrogens is 569 g/mol. The van der Waals surface area contributed by atoms with Crippen LogP contribution in [0.2, 0.25) is 0 Å². The summed E-state index contributed by atoms with van der Waals surface area (Å²) in [6.07, 6.45) is 0. The summed E-state index contributed by atoms with van der Waals surface area (Å²) in [5.41, 5.74) is 2.36. The number of carbonyl (C=O) groups excluding carboxylic acids is 1. The van der Waals surface area contributed by atoms with E-state index in [4.69, 9.17) is 4.74 Å². The molecule has 0 heterocycles. The van der Waals surface area contributed by atoms with E-state index in [0.29, 0.717) is 11.4 Å². The number of benzene rings is 4. The molecule has 12 heteroatoms. The van der Waals surface area contributed by atoms with Crippen LogP contribution < -0.4 is 19.1 Å². The van der Waals surface area contributed by atoms with Gasteiger partial charge in [-0.2, -0.15) is 0 Å². The van der Waals surface area contributed by atoms with Crippen molar-refractivity contribution >= 4 is 43.0 Å². The average molecular weight is 598 g/mol. The van der Waals surface area contributed by atoms with Crippen molar-refractivity contribution in [2.45, 2.75) is 23.6 Å². The van der Waals surface area contributed by atoms with Crippen LogP contribution in [-0.2, 0) is 24.8 Å². The molecule has 0 atom stereocenters. The summed E-state index contributed by atoms with van der Waals surface area (Å²) in [7, 11) is -6.70. The lowest BCUT2D eigenvalue weighted by Crippen LogP contribution is -2.38. The Kier molecular flexibility index (Phi) is 8.64. The highest BCUT2D eigenvalue weighted by Gasteiger charge is 2.27. The molecule has 1 amide bonds. The Balaban J connectivity index is 1.54. The van der Waals surface area contributed by atoms with E-state index in [-0.39, 0.29) is 21.2 Å². The Hall–Kier alpha value is -4.42. The Labute approximate surface area is 238 Å². The van der Waals surface area contributed by atoms with E-state index in [2.05, 4.69) is 10.0 Å². The van der Waals surface area contributed by atoms with Crippen molar-refractivity contribution in [3.05, 3.63) is 108 Å². The van der Waals surface area contributed by atoms with Gasteiger partial charge in [0.2, 0.25) is 5.91 Å². The third-order valence-corrected chi connectivity index (χ3v) is 9.37. The molecule has 2 N–H and O–H groups in total. The zero-order valence-electron chi connectivity index (χ0n) is 22.5. The molecule has 214 valence electrons. The number of hydrogen-bond acceptors (Lipinski definition) is 6. The highest BCUT2D eigenvalue weighted by molar-refractivity contribution is 7.93. The third-order valence-electron chi connectivity index (χ3n) is 6.22. The number of nitrogens with zero attached hydrogens (tertiary/aromatic N) is 1. The van der Waals surface area contributed by atoms with Crippen molar-refractivity contribution in [1.82, 2.24) is 0 Å². The number of aryl methyl sites for hydroxylation is 2. The molecule has 4 aromatic carbocycles. The van der Waals surface area contributed by atoms with Crippen LogP contribution >= 0.6 is 0 Å². The second-order valence-corrected chi connectivity index (χ2v) is 12.7. The summed E-state index contributed by atoms with van der Waals surface area (Å²) in [5, 5.41) is 2.59. The summed E-state index contributed by atoms with van der Waals surface area (Å²) in [5.74, 6) is -0.817. The zero-order chi connectivity index (χ0) is 29.8. The fourth-order valence-corrected chi connectivity index (χ4v) is 6.64. The van der Waals surface area contributed by atoms with Crippen molar-refractivity contribution in [2.24, 2.45) is 0 Å². The van der Waals surface area contributed by atoms with Gasteiger partial charge in [-0.05, 0) is 97.8 Å². The molecule has 41 heavy (non-hydrogen) atoms. The van der Waals surface area contributed by atoms with Gasteiger partial charge in [0.15, 0.2) is 0 Å². The Morgan fingerprint density at radius 2 is 1.37 bits per heavy atom. The van der Waals surface area contributed by atoms with Crippen LogP contribution in [0.4, 0.5) is 21.5 Å². The average Bonchev–Trinajstić information content (AvgIpc) is 2.94. The zero-order valence-corrected chi connectivity index (χ0v) is 24.1. The lowest BCUT2D eigenvalue weighted by Gasteiger charge is -2.24. The SMILES string of the molecule is COc1ccc(S(=O)(=O)N(CC(=O)Nc2ccc(S(=O)(=O)Nc3c(C)cccc3C)cc2)c2ccc(F)cc2)cc1. The molecule has 0 saturated carbocycles. The third kappa shape index (κ3) is 6.84. The first-order valence-corrected chi connectivity index (χ1v) is 15.2. The van der Waals surface area contributed by atoms with Crippen LogP contribution in [0, 0.1) is 19.7 Å². The topological polar surface area (TPSA) is 122 Å². The highest BCUT2D eigenvalue weighted by Crippen LogP contribution is 2.27. The predicted octanol–water partition coefficient (Wildman–Crippen LogP) is 5.09. The number of hydrogen-bond donors (Lipinski definition) is 2. The number of carbonyl (C=O) groups is 1. The van der Waals surface area contributed by atoms with E-state index >= 15 is 0 Å². The molecule has 9 nitrogen and oxygen atoms in total. The molecular formula is C29H28FN3O6S2. The second-order valence-electron chi connectivity index (χ2n) is 9.11. The number of sulfonamides is 2. The van der Waals surface area contributed by atoms with E-state index in [1.54, 1.807) is 26.0 Å². The Bertz CT molecular complexity index is 1740. The van der Waals surface area contributed by atoms with Crippen molar-refractivity contribution in [2.75, 3.05) is 28.0 Å². The van der Waals surface area contributed by atoms with Crippen molar-refractivity contribution in [1.29, 1.82) is 0 Å². The Morgan fingerprint density at radius 3 is 1.93 bits per heavy atom. The highest BCUT2D eigenvalue weighted by atomic mass is 32.2. The largest absolute Gasteiger partial charge is 0.497 e. The lowest BCUT2D eigenvalue weighted by molar-refractivity contribution is -0.114. The van der Waals surface area contributed by atoms with Crippen molar-refractivity contribution < 1.29 is 30.8 Å². The summed E-state index contributed by atoms with van der Waals surface area (Å²) in [4.78, 5) is 12.9. The second kappa shape index (κ2) is 12.0. The quantitative estimate of drug-likeness (QED) is 0.263. The maximum absolute atomic E-state index is 13.6. The molecule has 0 spiro atoms. The number of para-hydroxylation sites is 1. The molecule has 4 rings (SSSR count). The molecule has 0 fully saturated rings. The number of nitrogens with one attached hydrogen (secondary N) is 2. The predicted molar refractivity (Wildman–Crippen MR) is 156 cm³/mol. The molecule has 0 aliphatic rings. The molecule has 0 bridgehead atoms. The standard InChI is InChI=1S/C29H28FN3O6S2/c1-20-5-4-6-21(2)29(20)32-40(35,36)26-15-9-23(10-16-26)31-28(34)19-33(24-11-7-22(30)8-12-24)41(37,38)27-17-13-25(39-3)14-18-27/h4-18,32H,19H2,1-3H3,(H,31,34). The van der Waals surface area contributed by atoms with Crippen molar-refractivity contribution in [3.8, 4) is 5.75 Å². The molecule has 0 aliphatic heterocycles. The summed E-state index contributed by atoms with van der Waals surface area (Å²) < 4.78 is 75.0. The fraction of sp³-hybridized carbons (Fsp3) is 0.138. The number of anilines is 3. The van der Waals surface area contributed by atoms with Crippen LogP contribution in [0.15, 0.2) is 101 Å². The van der Waals surface area contributed by atoms with E-state index in [9.17, 15) is 26.0 Å². The van der Waals surface area contributed by atoms with E-state index in [1.807, 2.05) is 6.07 Å². The molecule has 0 saturated heterocycles. The van der Waals surface area contributed by atoms with Crippen LogP contribution in [0.1, 0.15) is 11.1 Å². The molecule has 0 unspecified atom stereocenters. The minimum atomic E-state index is -4.24. The van der Waals surface area contributed by atoms with Gasteiger partial charge in [0.25, 0.3) is 20.0 Å². The number of halogens is 1. The maximum Gasteiger partial charge on any atom is 0.264 e. The van der Waals surface area contributed by atoms with E-state index < -0.39 is 38.3 Å². The number of ether oxygens (including phenoxy) is 1. The number of methoxy groups -OCH3 is 1. The van der Waals surface area contributed by atoms with Crippen LogP contribution in [0.3, 0.4) is 0 Å². The van der Waals surface area contributed by atoms with Crippen LogP contribution in [-0.4, -0.2) is 36.4 Å². The maximum atomic E-state index is 13.6. The van der Waals surface area contributed by atoms with E-state index in [1.165, 1.54) is 67.8 Å².